The number of ketones is 2. The van der Waals surface area contributed by atoms with Gasteiger partial charge in [0.15, 0.2) is 5.78 Å². The summed E-state index contributed by atoms with van der Waals surface area (Å²) in [5, 5.41) is 11.2. The molecule has 0 aromatic carbocycles. The van der Waals surface area contributed by atoms with Crippen molar-refractivity contribution in [1.29, 1.82) is 0 Å². The summed E-state index contributed by atoms with van der Waals surface area (Å²) in [6.45, 7) is 8.55. The molecule has 0 bridgehead atoms. The van der Waals surface area contributed by atoms with Crippen molar-refractivity contribution in [1.82, 2.24) is 0 Å². The first kappa shape index (κ1) is 17.5. The molecule has 0 saturated heterocycles. The Kier molecular flexibility index (Phi) is 3.85. The molecule has 1 unspecified atom stereocenters. The topological polar surface area (TPSA) is 54.4 Å². The predicted molar refractivity (Wildman–Crippen MR) is 96.8 cm³/mol. The van der Waals surface area contributed by atoms with E-state index in [9.17, 15) is 14.7 Å². The Balaban J connectivity index is 1.76. The summed E-state index contributed by atoms with van der Waals surface area (Å²) < 4.78 is 0. The third-order valence-electron chi connectivity index (χ3n) is 8.70. The van der Waals surface area contributed by atoms with Gasteiger partial charge < -0.3 is 5.11 Å². The van der Waals surface area contributed by atoms with Crippen molar-refractivity contribution in [2.75, 3.05) is 0 Å². The van der Waals surface area contributed by atoms with Crippen LogP contribution < -0.4 is 0 Å². The zero-order valence-electron chi connectivity index (χ0n) is 16.0. The highest BCUT2D eigenvalue weighted by Crippen LogP contribution is 2.67. The monoisotopic (exact) mass is 344 g/mol. The molecular formula is C22H32O3. The van der Waals surface area contributed by atoms with Gasteiger partial charge in [-0.15, -0.1) is 0 Å². The number of hydrogen-bond donors (Lipinski definition) is 1. The number of aliphatic hydroxyl groups is 1. The molecule has 0 aliphatic heterocycles. The van der Waals surface area contributed by atoms with Gasteiger partial charge in [-0.2, -0.15) is 0 Å². The summed E-state index contributed by atoms with van der Waals surface area (Å²) in [6, 6.07) is 0. The van der Waals surface area contributed by atoms with E-state index in [4.69, 9.17) is 0 Å². The van der Waals surface area contributed by atoms with E-state index >= 15 is 0 Å². The zero-order chi connectivity index (χ0) is 18.1. The van der Waals surface area contributed by atoms with Crippen LogP contribution in [0.3, 0.4) is 0 Å². The highest BCUT2D eigenvalue weighted by Gasteiger charge is 2.63. The lowest BCUT2D eigenvalue weighted by Crippen LogP contribution is -2.58. The Morgan fingerprint density at radius 2 is 2.00 bits per heavy atom. The Morgan fingerprint density at radius 3 is 2.68 bits per heavy atom. The van der Waals surface area contributed by atoms with E-state index in [1.54, 1.807) is 6.92 Å². The number of carbonyl (C=O) groups excluding carboxylic acids is 2. The largest absolute Gasteiger partial charge is 0.393 e. The van der Waals surface area contributed by atoms with Crippen LogP contribution in [-0.2, 0) is 9.59 Å². The number of Topliss-reactive ketones (excluding diaryl/α,β-unsaturated/α-hetero) is 1. The number of rotatable bonds is 1. The smallest absolute Gasteiger partial charge is 0.155 e. The average Bonchev–Trinajstić information content (AvgIpc) is 2.85. The Hall–Kier alpha value is -0.960. The van der Waals surface area contributed by atoms with E-state index in [-0.39, 0.29) is 34.6 Å². The maximum absolute atomic E-state index is 12.2. The summed E-state index contributed by atoms with van der Waals surface area (Å²) in [7, 11) is 0. The quantitative estimate of drug-likeness (QED) is 0.784. The molecule has 3 saturated carbocycles. The molecule has 3 heteroatoms. The molecule has 4 aliphatic rings. The number of carbonyl (C=O) groups is 2. The number of fused-ring (bicyclic) bond motifs is 5. The van der Waals surface area contributed by atoms with E-state index in [1.807, 2.05) is 6.08 Å². The highest BCUT2D eigenvalue weighted by molar-refractivity contribution is 5.91. The van der Waals surface area contributed by atoms with E-state index in [0.717, 1.165) is 32.1 Å². The van der Waals surface area contributed by atoms with E-state index in [2.05, 4.69) is 20.8 Å². The van der Waals surface area contributed by atoms with Crippen LogP contribution in [0.25, 0.3) is 0 Å². The average molecular weight is 344 g/mol. The first-order valence-corrected chi connectivity index (χ1v) is 10.1. The van der Waals surface area contributed by atoms with Crippen molar-refractivity contribution >= 4 is 11.6 Å². The Bertz CT molecular complexity index is 650. The minimum Gasteiger partial charge on any atom is -0.393 e. The summed E-state index contributed by atoms with van der Waals surface area (Å²) in [6.07, 6.45) is 6.93. The van der Waals surface area contributed by atoms with Crippen LogP contribution in [0, 0.1) is 40.4 Å². The van der Waals surface area contributed by atoms with Gasteiger partial charge in [0.25, 0.3) is 0 Å². The van der Waals surface area contributed by atoms with Crippen molar-refractivity contribution in [3.63, 3.8) is 0 Å². The van der Waals surface area contributed by atoms with E-state index < -0.39 is 0 Å². The normalized spacial score (nSPS) is 52.0. The number of hydrogen-bond acceptors (Lipinski definition) is 3. The van der Waals surface area contributed by atoms with Crippen LogP contribution in [0.2, 0.25) is 0 Å². The number of allylic oxidation sites excluding steroid dienone is 1. The molecule has 0 amide bonds. The minimum absolute atomic E-state index is 0.0474. The van der Waals surface area contributed by atoms with E-state index in [1.165, 1.54) is 5.57 Å². The van der Waals surface area contributed by atoms with Gasteiger partial charge >= 0.3 is 0 Å². The molecule has 3 nitrogen and oxygen atoms in total. The molecule has 0 spiro atoms. The molecular weight excluding hydrogens is 312 g/mol. The first-order chi connectivity index (χ1) is 11.7. The molecule has 1 N–H and O–H groups in total. The molecule has 0 heterocycles. The van der Waals surface area contributed by atoms with Gasteiger partial charge in [0.05, 0.1) is 6.10 Å². The SMILES string of the molecule is CC(=O)[C@H]1CC[C@H]2[C@@H]3CC(C)C4=CC(=O)CC[C@]4(C)[C@H]3[C@@H](O)C[C@]12C. The minimum atomic E-state index is -0.361. The van der Waals surface area contributed by atoms with Crippen LogP contribution in [0.4, 0.5) is 0 Å². The fourth-order valence-corrected chi connectivity index (χ4v) is 7.79. The van der Waals surface area contributed by atoms with Crippen LogP contribution in [-0.4, -0.2) is 22.8 Å². The third-order valence-corrected chi connectivity index (χ3v) is 8.70. The lowest BCUT2D eigenvalue weighted by molar-refractivity contribution is -0.147. The predicted octanol–water partition coefficient (Wildman–Crippen LogP) is 3.94. The van der Waals surface area contributed by atoms with Crippen molar-refractivity contribution < 1.29 is 14.7 Å². The molecule has 0 aromatic rings. The van der Waals surface area contributed by atoms with Gasteiger partial charge in [0.1, 0.15) is 5.78 Å². The standard InChI is InChI=1S/C22H32O3/c1-12-9-15-17-6-5-16(13(2)23)22(17,4)11-19(25)20(15)21(3)8-7-14(24)10-18(12)21/h10,12,15-17,19-20,25H,5-9,11H2,1-4H3/t12?,15-,16+,17-,19-,20+,21-,22+/m0/s1. The summed E-state index contributed by atoms with van der Waals surface area (Å²) in [5.74, 6) is 2.33. The van der Waals surface area contributed by atoms with Gasteiger partial charge in [-0.3, -0.25) is 9.59 Å². The van der Waals surface area contributed by atoms with Gasteiger partial charge in [-0.25, -0.2) is 0 Å². The molecule has 8 atom stereocenters. The maximum Gasteiger partial charge on any atom is 0.155 e. The Morgan fingerprint density at radius 1 is 1.28 bits per heavy atom. The van der Waals surface area contributed by atoms with Crippen LogP contribution in [0.5, 0.6) is 0 Å². The second-order valence-electron chi connectivity index (χ2n) is 9.93. The summed E-state index contributed by atoms with van der Waals surface area (Å²) >= 11 is 0. The summed E-state index contributed by atoms with van der Waals surface area (Å²) in [4.78, 5) is 24.3. The lowest BCUT2D eigenvalue weighted by Gasteiger charge is -2.61. The van der Waals surface area contributed by atoms with E-state index in [0.29, 0.717) is 30.0 Å². The zero-order valence-corrected chi connectivity index (χ0v) is 16.0. The second kappa shape index (κ2) is 5.52. The Labute approximate surface area is 151 Å². The highest BCUT2D eigenvalue weighted by atomic mass is 16.3. The molecule has 0 radical (unpaired) electrons. The molecule has 0 aromatic heterocycles. The fraction of sp³-hybridized carbons (Fsp3) is 0.818. The van der Waals surface area contributed by atoms with Gasteiger partial charge in [-0.1, -0.05) is 26.3 Å². The molecule has 3 fully saturated rings. The number of aliphatic hydroxyl groups excluding tert-OH is 1. The molecule has 25 heavy (non-hydrogen) atoms. The summed E-state index contributed by atoms with van der Waals surface area (Å²) in [5.41, 5.74) is 1.19. The van der Waals surface area contributed by atoms with Crippen molar-refractivity contribution in [2.24, 2.45) is 40.4 Å². The third kappa shape index (κ3) is 2.27. The molecule has 4 rings (SSSR count). The van der Waals surface area contributed by atoms with Crippen LogP contribution >= 0.6 is 0 Å². The molecule has 138 valence electrons. The first-order valence-electron chi connectivity index (χ1n) is 10.1. The fourth-order valence-electron chi connectivity index (χ4n) is 7.79. The molecule has 4 aliphatic carbocycles. The van der Waals surface area contributed by atoms with Crippen molar-refractivity contribution in [3.8, 4) is 0 Å². The van der Waals surface area contributed by atoms with Gasteiger partial charge in [0.2, 0.25) is 0 Å². The van der Waals surface area contributed by atoms with Gasteiger partial charge in [-0.05, 0) is 79.6 Å². The van der Waals surface area contributed by atoms with Gasteiger partial charge in [0, 0.05) is 12.3 Å². The van der Waals surface area contributed by atoms with Crippen molar-refractivity contribution in [2.45, 2.75) is 72.3 Å². The van der Waals surface area contributed by atoms with Crippen LogP contribution in [0.15, 0.2) is 11.6 Å². The maximum atomic E-state index is 12.2. The van der Waals surface area contributed by atoms with Crippen LogP contribution in [0.1, 0.15) is 66.2 Å². The van der Waals surface area contributed by atoms with Crippen molar-refractivity contribution in [3.05, 3.63) is 11.6 Å². The second-order valence-corrected chi connectivity index (χ2v) is 9.93. The lowest BCUT2D eigenvalue weighted by atomic mass is 9.44.